The van der Waals surface area contributed by atoms with Gasteiger partial charge in [0.1, 0.15) is 0 Å². The maximum atomic E-state index is 5.03. The van der Waals surface area contributed by atoms with E-state index >= 15 is 0 Å². The number of thiazole rings is 1. The largest absolute Gasteiger partial charge is 0.385 e. The number of aliphatic imine (C=N–C) groups is 1. The van der Waals surface area contributed by atoms with Crippen LogP contribution in [0.3, 0.4) is 0 Å². The number of aryl methyl sites for hydroxylation is 1. The molecule has 0 bridgehead atoms. The van der Waals surface area contributed by atoms with Gasteiger partial charge in [-0.15, -0.1) is 22.7 Å². The van der Waals surface area contributed by atoms with Crippen LogP contribution in [-0.4, -0.2) is 44.8 Å². The molecule has 2 rings (SSSR count). The fraction of sp³-hybridized carbons (Fsp3) is 0.500. The fourth-order valence-corrected chi connectivity index (χ4v) is 3.73. The topological polar surface area (TPSA) is 58.5 Å². The van der Waals surface area contributed by atoms with E-state index in [1.807, 2.05) is 18.3 Å². The van der Waals surface area contributed by atoms with Gasteiger partial charge in [-0.1, -0.05) is 0 Å². The molecule has 0 radical (unpaired) electrons. The van der Waals surface area contributed by atoms with Crippen molar-refractivity contribution in [3.05, 3.63) is 27.4 Å². The molecule has 5 nitrogen and oxygen atoms in total. The van der Waals surface area contributed by atoms with Gasteiger partial charge < -0.3 is 15.4 Å². The molecule has 0 aliphatic heterocycles. The summed E-state index contributed by atoms with van der Waals surface area (Å²) in [6, 6.07) is 4.34. The van der Waals surface area contributed by atoms with Crippen molar-refractivity contribution >= 4 is 28.6 Å². The molecule has 0 atom stereocenters. The van der Waals surface area contributed by atoms with Gasteiger partial charge in [0.2, 0.25) is 0 Å². The van der Waals surface area contributed by atoms with Crippen LogP contribution in [0.5, 0.6) is 0 Å². The number of aromatic nitrogens is 1. The van der Waals surface area contributed by atoms with Crippen molar-refractivity contribution in [3.8, 4) is 10.6 Å². The van der Waals surface area contributed by atoms with Crippen molar-refractivity contribution in [1.82, 2.24) is 15.6 Å². The molecule has 2 aromatic heterocycles. The molecule has 23 heavy (non-hydrogen) atoms. The lowest BCUT2D eigenvalue weighted by Gasteiger charge is -2.11. The van der Waals surface area contributed by atoms with Crippen molar-refractivity contribution in [3.63, 3.8) is 0 Å². The number of nitrogens with one attached hydrogen (secondary N) is 2. The number of nitrogens with zero attached hydrogens (tertiary/aromatic N) is 2. The summed E-state index contributed by atoms with van der Waals surface area (Å²) in [7, 11) is 3.51. The molecule has 0 saturated heterocycles. The lowest BCUT2D eigenvalue weighted by atomic mass is 10.3. The summed E-state index contributed by atoms with van der Waals surface area (Å²) in [6.45, 7) is 4.52. The molecular formula is C16H24N4OS2. The van der Waals surface area contributed by atoms with Crippen LogP contribution in [-0.2, 0) is 11.2 Å². The Kier molecular flexibility index (Phi) is 7.51. The molecule has 126 valence electrons. The molecule has 0 fully saturated rings. The Hall–Kier alpha value is -1.44. The lowest BCUT2D eigenvalue weighted by Crippen LogP contribution is -2.38. The minimum atomic E-state index is 0.762. The van der Waals surface area contributed by atoms with Crippen molar-refractivity contribution < 1.29 is 4.74 Å². The first-order valence-electron chi connectivity index (χ1n) is 7.67. The molecular weight excluding hydrogens is 328 g/mol. The second-order valence-electron chi connectivity index (χ2n) is 5.04. The first-order chi connectivity index (χ1) is 11.2. The number of guanidine groups is 1. The highest BCUT2D eigenvalue weighted by atomic mass is 32.1. The molecule has 7 heteroatoms. The van der Waals surface area contributed by atoms with E-state index in [-0.39, 0.29) is 0 Å². The summed E-state index contributed by atoms with van der Waals surface area (Å²) in [6.07, 6.45) is 1.95. The van der Waals surface area contributed by atoms with Crippen LogP contribution in [0.15, 0.2) is 22.5 Å². The molecule has 2 heterocycles. The average molecular weight is 353 g/mol. The molecule has 0 amide bonds. The van der Waals surface area contributed by atoms with Crippen LogP contribution in [0, 0.1) is 6.92 Å². The highest BCUT2D eigenvalue weighted by molar-refractivity contribution is 7.16. The summed E-state index contributed by atoms with van der Waals surface area (Å²) in [5.41, 5.74) is 1.09. The first-order valence-corrected chi connectivity index (χ1v) is 9.37. The average Bonchev–Trinajstić information content (AvgIpc) is 3.18. The summed E-state index contributed by atoms with van der Waals surface area (Å²) in [4.78, 5) is 11.4. The standard InChI is InChI=1S/C16H24N4OS2/c1-12-20-14(11-22-12)15-6-5-13(23-15)7-9-19-16(17-2)18-8-4-10-21-3/h5-6,11H,4,7-10H2,1-3H3,(H2,17,18,19). The first kappa shape index (κ1) is 17.9. The van der Waals surface area contributed by atoms with Crippen LogP contribution in [0.1, 0.15) is 16.3 Å². The van der Waals surface area contributed by atoms with E-state index in [0.717, 1.165) is 49.2 Å². The van der Waals surface area contributed by atoms with E-state index in [1.165, 1.54) is 9.75 Å². The van der Waals surface area contributed by atoms with Crippen molar-refractivity contribution in [2.45, 2.75) is 19.8 Å². The summed E-state index contributed by atoms with van der Waals surface area (Å²) >= 11 is 3.50. The van der Waals surface area contributed by atoms with Gasteiger partial charge in [-0.3, -0.25) is 4.99 Å². The van der Waals surface area contributed by atoms with E-state index in [9.17, 15) is 0 Å². The zero-order chi connectivity index (χ0) is 16.5. The third-order valence-corrected chi connectivity index (χ3v) is 5.18. The van der Waals surface area contributed by atoms with Crippen LogP contribution in [0.4, 0.5) is 0 Å². The Morgan fingerprint density at radius 1 is 1.30 bits per heavy atom. The molecule has 2 N–H and O–H groups in total. The zero-order valence-corrected chi connectivity index (χ0v) is 15.5. The van der Waals surface area contributed by atoms with Gasteiger partial charge in [0.25, 0.3) is 0 Å². The molecule has 0 aliphatic rings. The molecule has 0 aromatic carbocycles. The third-order valence-electron chi connectivity index (χ3n) is 3.24. The van der Waals surface area contributed by atoms with Crippen LogP contribution >= 0.6 is 22.7 Å². The van der Waals surface area contributed by atoms with E-state index in [0.29, 0.717) is 0 Å². The van der Waals surface area contributed by atoms with E-state index in [1.54, 1.807) is 25.5 Å². The predicted octanol–water partition coefficient (Wildman–Crippen LogP) is 2.92. The van der Waals surface area contributed by atoms with E-state index in [4.69, 9.17) is 4.74 Å². The number of methoxy groups -OCH3 is 1. The van der Waals surface area contributed by atoms with E-state index in [2.05, 4.69) is 38.1 Å². The quantitative estimate of drug-likeness (QED) is 0.436. The number of rotatable bonds is 8. The van der Waals surface area contributed by atoms with Crippen molar-refractivity contribution in [1.29, 1.82) is 0 Å². The summed E-state index contributed by atoms with van der Waals surface area (Å²) < 4.78 is 5.03. The normalized spacial score (nSPS) is 11.7. The summed E-state index contributed by atoms with van der Waals surface area (Å²) in [5.74, 6) is 0.841. The van der Waals surface area contributed by atoms with E-state index < -0.39 is 0 Å². The monoisotopic (exact) mass is 352 g/mol. The zero-order valence-electron chi connectivity index (χ0n) is 13.9. The van der Waals surface area contributed by atoms with Crippen molar-refractivity contribution in [2.24, 2.45) is 4.99 Å². The molecule has 0 unspecified atom stereocenters. The minimum Gasteiger partial charge on any atom is -0.385 e. The summed E-state index contributed by atoms with van der Waals surface area (Å²) in [5, 5.41) is 9.85. The second-order valence-corrected chi connectivity index (χ2v) is 7.27. The second kappa shape index (κ2) is 9.64. The number of thiophene rings is 1. The molecule has 2 aromatic rings. The van der Waals surface area contributed by atoms with Gasteiger partial charge in [-0.05, 0) is 31.9 Å². The van der Waals surface area contributed by atoms with Crippen LogP contribution in [0.2, 0.25) is 0 Å². The highest BCUT2D eigenvalue weighted by Gasteiger charge is 2.06. The maximum Gasteiger partial charge on any atom is 0.190 e. The predicted molar refractivity (Wildman–Crippen MR) is 99.7 cm³/mol. The van der Waals surface area contributed by atoms with Gasteiger partial charge in [0.05, 0.1) is 15.6 Å². The molecule has 0 saturated carbocycles. The fourth-order valence-electron chi connectivity index (χ4n) is 2.07. The Labute approximate surface area is 145 Å². The van der Waals surface area contributed by atoms with Crippen LogP contribution in [0.25, 0.3) is 10.6 Å². The maximum absolute atomic E-state index is 5.03. The lowest BCUT2D eigenvalue weighted by molar-refractivity contribution is 0.195. The van der Waals surface area contributed by atoms with Crippen LogP contribution < -0.4 is 10.6 Å². The highest BCUT2D eigenvalue weighted by Crippen LogP contribution is 2.29. The van der Waals surface area contributed by atoms with Gasteiger partial charge in [0, 0.05) is 44.1 Å². The Morgan fingerprint density at radius 3 is 2.83 bits per heavy atom. The van der Waals surface area contributed by atoms with Gasteiger partial charge in [0.15, 0.2) is 5.96 Å². The Morgan fingerprint density at radius 2 is 2.13 bits per heavy atom. The Balaban J connectivity index is 1.74. The van der Waals surface area contributed by atoms with Gasteiger partial charge in [-0.25, -0.2) is 4.98 Å². The number of hydrogen-bond acceptors (Lipinski definition) is 5. The Bertz CT molecular complexity index is 621. The molecule has 0 spiro atoms. The van der Waals surface area contributed by atoms with Crippen molar-refractivity contribution in [2.75, 3.05) is 33.9 Å². The molecule has 0 aliphatic carbocycles. The minimum absolute atomic E-state index is 0.762. The van der Waals surface area contributed by atoms with Gasteiger partial charge in [-0.2, -0.15) is 0 Å². The number of hydrogen-bond donors (Lipinski definition) is 2. The SMILES string of the molecule is CN=C(NCCCOC)NCCc1ccc(-c2csc(C)n2)s1. The smallest absolute Gasteiger partial charge is 0.190 e. The number of ether oxygens (including phenoxy) is 1. The van der Waals surface area contributed by atoms with Gasteiger partial charge >= 0.3 is 0 Å². The third kappa shape index (κ3) is 5.93.